The number of aromatic nitrogens is 4. The van der Waals surface area contributed by atoms with E-state index in [0.717, 1.165) is 110 Å². The number of ether oxygens (including phenoxy) is 11. The van der Waals surface area contributed by atoms with Crippen LogP contribution in [0.5, 0.6) is 51.7 Å². The van der Waals surface area contributed by atoms with Crippen molar-refractivity contribution in [2.24, 2.45) is 0 Å². The number of hydrogen-bond acceptors (Lipinski definition) is 15. The van der Waals surface area contributed by atoms with E-state index in [9.17, 15) is 19.8 Å². The molecule has 3 aromatic heterocycles. The highest BCUT2D eigenvalue weighted by molar-refractivity contribution is 6.00. The average Bonchev–Trinajstić information content (AvgIpc) is 1.59. The first-order valence-corrected chi connectivity index (χ1v) is 46.8. The zero-order valence-corrected chi connectivity index (χ0v) is 78.2. The number of rotatable bonds is 46. The van der Waals surface area contributed by atoms with Gasteiger partial charge in [-0.25, -0.2) is 45.9 Å². The molecule has 25 heteroatoms. The quantitative estimate of drug-likeness (QED) is 0.00913. The highest BCUT2D eigenvalue weighted by atomic mass is 19.2. The van der Waals surface area contributed by atoms with Crippen molar-refractivity contribution in [2.45, 2.75) is 96.6 Å². The van der Waals surface area contributed by atoms with E-state index in [1.165, 1.54) is 42.5 Å². The van der Waals surface area contributed by atoms with Crippen LogP contribution in [0.25, 0.3) is 102 Å². The van der Waals surface area contributed by atoms with E-state index in [0.29, 0.717) is 139 Å². The van der Waals surface area contributed by atoms with Crippen molar-refractivity contribution in [3.8, 4) is 107 Å². The van der Waals surface area contributed by atoms with Gasteiger partial charge >= 0.3 is 12.3 Å². The molecule has 17 rings (SSSR count). The Morgan fingerprint density at radius 1 is 0.312 bits per heavy atom. The van der Waals surface area contributed by atoms with Gasteiger partial charge in [0.15, 0.2) is 12.2 Å². The first-order chi connectivity index (χ1) is 70.2. The highest BCUT2D eigenvalue weighted by Gasteiger charge is 2.30. The van der Waals surface area contributed by atoms with Crippen LogP contribution in [0.2, 0.25) is 0 Å². The van der Waals surface area contributed by atoms with Crippen LogP contribution in [0.4, 0.5) is 35.9 Å². The molecule has 2 aliphatic carbocycles. The van der Waals surface area contributed by atoms with E-state index in [2.05, 4.69) is 47.7 Å². The third kappa shape index (κ3) is 24.3. The fourth-order valence-corrected chi connectivity index (χ4v) is 17.1. The number of allylic oxidation sites excluding steroid dienone is 6. The summed E-state index contributed by atoms with van der Waals surface area (Å²) in [6.45, 7) is 16.9. The molecule has 13 aromatic rings. The molecule has 2 unspecified atom stereocenters. The zero-order valence-electron chi connectivity index (χ0n) is 78.2. The summed E-state index contributed by atoms with van der Waals surface area (Å²) in [6, 6.07) is 58.5. The lowest BCUT2D eigenvalue weighted by molar-refractivity contribution is 0.0649. The van der Waals surface area contributed by atoms with Gasteiger partial charge in [0.2, 0.25) is 0 Å². The highest BCUT2D eigenvalue weighted by Crippen LogP contribution is 2.45. The van der Waals surface area contributed by atoms with Gasteiger partial charge in [0, 0.05) is 84.8 Å². The minimum atomic E-state index is -1.52. The molecule has 0 spiro atoms. The largest absolute Gasteiger partial charge is 0.506 e. The monoisotopic (exact) mass is 1940 g/mol. The van der Waals surface area contributed by atoms with Crippen LogP contribution in [0.15, 0.2) is 328 Å². The lowest BCUT2D eigenvalue weighted by atomic mass is 9.99. The van der Waals surface area contributed by atoms with Gasteiger partial charge in [0.05, 0.1) is 65.9 Å². The number of nitrogens with one attached hydrogen (secondary N) is 2. The van der Waals surface area contributed by atoms with Crippen LogP contribution in [-0.4, -0.2) is 68.9 Å². The number of unbranched alkanes of at least 4 members (excludes halogenated alkanes) is 4. The first-order valence-electron chi connectivity index (χ1n) is 46.8. The zero-order chi connectivity index (χ0) is 100.0. The number of aromatic amines is 2. The number of benzene rings is 10. The van der Waals surface area contributed by atoms with Gasteiger partial charge in [-0.05, 0) is 290 Å². The van der Waals surface area contributed by atoms with Crippen LogP contribution in [0.1, 0.15) is 125 Å². The minimum Gasteiger partial charge on any atom is -0.493 e. The molecule has 19 nitrogen and oxygen atoms in total. The Morgan fingerprint density at radius 2 is 0.583 bits per heavy atom. The predicted octanol–water partition coefficient (Wildman–Crippen LogP) is 29.9. The van der Waals surface area contributed by atoms with E-state index >= 15 is 26.3 Å². The third-order valence-electron chi connectivity index (χ3n) is 23.7. The van der Waals surface area contributed by atoms with E-state index in [1.54, 1.807) is 115 Å². The molecule has 0 fully saturated rings. The second kappa shape index (κ2) is 46.6. The summed E-state index contributed by atoms with van der Waals surface area (Å²) in [4.78, 5) is 41.8. The van der Waals surface area contributed by atoms with E-state index in [4.69, 9.17) is 62.1 Å². The van der Waals surface area contributed by atoms with Crippen molar-refractivity contribution in [2.75, 3.05) is 26.4 Å². The Bertz CT molecular complexity index is 7140. The number of halogens is 6. The molecule has 2 atom stereocenters. The Labute approximate surface area is 827 Å². The van der Waals surface area contributed by atoms with Crippen LogP contribution >= 0.6 is 0 Å². The van der Waals surface area contributed by atoms with Gasteiger partial charge in [0.25, 0.3) is 0 Å². The Balaban J connectivity index is 0.711. The maximum absolute atomic E-state index is 16.5. The molecule has 4 N–H and O–H groups in total. The van der Waals surface area contributed by atoms with Gasteiger partial charge in [-0.2, -0.15) is 0 Å². The molecule has 4 aliphatic rings. The van der Waals surface area contributed by atoms with Crippen LogP contribution in [-0.2, 0) is 42.5 Å². The molecule has 8 bridgehead atoms. The predicted molar refractivity (Wildman–Crippen MR) is 545 cm³/mol. The smallest absolute Gasteiger partial charge is 0.493 e. The van der Waals surface area contributed by atoms with Gasteiger partial charge in [-0.1, -0.05) is 91.1 Å². The SMILES string of the molecule is C=CCCCOc1cc(COc2cc(COc3cc(COc4ccc(-c5ccc(-c6c7nc(c(-c8c(F)cccc8F)c8ccc([nH]8)c(-c8c(F)cccc8F)c8nc(c(-c9c(F)cccc9F)c9ccc6[nH]9)C=C8)C=C7)cc5)cc4)cc(OCc4cc(OCc5cc(OCCCC=C)cc(OCCCC=C)c5)cc(C(OC(=O)O)C5=C=CC=C5)c4)c3)cc(C(OC(=O)O)C3=C=CC=C3)c2)cc(OCCCC=C)c1. The normalized spacial score (nSPS) is 12.4. The summed E-state index contributed by atoms with van der Waals surface area (Å²) >= 11 is 0. The van der Waals surface area contributed by atoms with Crippen molar-refractivity contribution in [1.82, 2.24) is 19.9 Å². The van der Waals surface area contributed by atoms with Crippen LogP contribution in [0, 0.1) is 34.9 Å². The third-order valence-corrected chi connectivity index (χ3v) is 23.7. The summed E-state index contributed by atoms with van der Waals surface area (Å²) < 4.78 is 168. The number of nitrogens with zero attached hydrogens (tertiary/aromatic N) is 2. The standard InChI is InChI=1S/C119H98F6N4O15/c1-5-9-17-50-134-89-58-76(59-90(66-89)135-51-18-10-6-2)72-139-87-56-74(54-84(64-87)116(143-118(130)131)82-24-13-14-25-82)69-141-93-62-78(63-94(68-93)142-70-75-55-85(117(144-119(132)133)83-26-15-16-27-83)65-88(57-75)140-73-77-60-91(136-52-19-11-7-3)67-92(61-77)137-53-20-12-8-4)71-138-86-40-38-80(39-41-86)79-34-36-81(37-35-79)109-101-42-44-103(126-101)113(110-95(120)28-21-29-96(110)121)105-46-48-107(128-105)115(112-99(124)32-23-33-100(112)125)108-49-47-106(129-108)114(104-45-43-102(109)127-104)111-97(122)30-22-31-98(111)123/h5-8,13-16,21-24,26,28-49,54-68,116-117,126,129H,1-4,9-12,17-20,50-53,69-73H2,(H,130,131)(H,132,133). The molecule has 144 heavy (non-hydrogen) atoms. The van der Waals surface area contributed by atoms with Crippen molar-refractivity contribution < 1.29 is 98.3 Å². The minimum absolute atomic E-state index is 0.0138. The summed E-state index contributed by atoms with van der Waals surface area (Å²) in [5.74, 6) is -1.52. The fourth-order valence-electron chi connectivity index (χ4n) is 17.1. The van der Waals surface area contributed by atoms with Crippen molar-refractivity contribution in [3.05, 3.63) is 425 Å². The summed E-state index contributed by atoms with van der Waals surface area (Å²) in [5, 5.41) is 20.5. The number of carbonyl (C=O) groups is 2. The van der Waals surface area contributed by atoms with Gasteiger partial charge in [-0.15, -0.1) is 37.8 Å². The molecule has 5 heterocycles. The molecular weight excluding hydrogens is 1840 g/mol. The van der Waals surface area contributed by atoms with Crippen LogP contribution in [0.3, 0.4) is 0 Å². The second-order valence-electron chi connectivity index (χ2n) is 34.0. The maximum atomic E-state index is 16.5. The topological polar surface area (TPSA) is 233 Å². The van der Waals surface area contributed by atoms with E-state index in [1.807, 2.05) is 109 Å². The van der Waals surface area contributed by atoms with Gasteiger partial charge in [0.1, 0.15) is 120 Å². The molecule has 726 valence electrons. The second-order valence-corrected chi connectivity index (χ2v) is 34.0. The Hall–Kier alpha value is -17.4. The first kappa shape index (κ1) is 98.2. The molecule has 0 saturated carbocycles. The lowest BCUT2D eigenvalue weighted by Crippen LogP contribution is -2.12. The molecular formula is C119H98F6N4O15. The Morgan fingerprint density at radius 3 is 0.882 bits per heavy atom. The molecule has 0 radical (unpaired) electrons. The number of carboxylic acid groups (broad SMARTS) is 2. The summed E-state index contributed by atoms with van der Waals surface area (Å²) in [7, 11) is 0. The molecule has 2 aliphatic heterocycles. The average molecular weight is 1940 g/mol. The lowest BCUT2D eigenvalue weighted by Gasteiger charge is -2.20. The maximum Gasteiger partial charge on any atom is 0.506 e. The van der Waals surface area contributed by atoms with E-state index < -0.39 is 76.1 Å². The van der Waals surface area contributed by atoms with Gasteiger partial charge < -0.3 is 72.3 Å². The Kier molecular flexibility index (Phi) is 31.8. The van der Waals surface area contributed by atoms with Crippen LogP contribution < -0.4 is 42.6 Å². The van der Waals surface area contributed by atoms with Crippen molar-refractivity contribution >= 4 is 58.7 Å². The van der Waals surface area contributed by atoms with Crippen molar-refractivity contribution in [3.63, 3.8) is 0 Å². The summed E-state index contributed by atoms with van der Waals surface area (Å²) in [6.07, 6.45) is 24.5. The van der Waals surface area contributed by atoms with Crippen molar-refractivity contribution in [1.29, 1.82) is 0 Å². The number of fused-ring (bicyclic) bond motifs is 8. The fraction of sp³-hybridized carbons (Fsp3) is 0.160. The molecule has 0 amide bonds. The number of H-pyrrole nitrogens is 2. The van der Waals surface area contributed by atoms with Gasteiger partial charge in [-0.3, -0.25) is 0 Å². The number of hydrogen-bond donors (Lipinski definition) is 4. The summed E-state index contributed by atoms with van der Waals surface area (Å²) in [5.41, 5.74) is 13.3. The molecule has 0 saturated heterocycles. The molecule has 10 aromatic carbocycles. The van der Waals surface area contributed by atoms with E-state index in [-0.39, 0.29) is 83.4 Å².